The van der Waals surface area contributed by atoms with Gasteiger partial charge in [0.1, 0.15) is 18.6 Å². The Bertz CT molecular complexity index is 700. The van der Waals surface area contributed by atoms with Crippen molar-refractivity contribution in [2.75, 3.05) is 20.0 Å². The Balaban J connectivity index is 1.69. The number of rotatable bonds is 6. The van der Waals surface area contributed by atoms with Gasteiger partial charge in [0.05, 0.1) is 18.6 Å². The van der Waals surface area contributed by atoms with Crippen molar-refractivity contribution in [2.45, 2.75) is 70.2 Å². The molecule has 0 aromatic heterocycles. The van der Waals surface area contributed by atoms with Gasteiger partial charge in [0.2, 0.25) is 5.91 Å². The molecule has 3 rings (SSSR count). The van der Waals surface area contributed by atoms with Crippen molar-refractivity contribution in [3.63, 3.8) is 0 Å². The minimum atomic E-state index is -4.39. The highest BCUT2D eigenvalue weighted by atomic mass is 19.4. The predicted octanol–water partition coefficient (Wildman–Crippen LogP) is 3.98. The van der Waals surface area contributed by atoms with Crippen LogP contribution in [0, 0.1) is 13.8 Å². The fourth-order valence-corrected chi connectivity index (χ4v) is 4.33. The lowest BCUT2D eigenvalue weighted by molar-refractivity contribution is -0.153. The quantitative estimate of drug-likeness (QED) is 0.764. The first-order chi connectivity index (χ1) is 13.7. The van der Waals surface area contributed by atoms with Crippen LogP contribution in [0.1, 0.15) is 48.8 Å². The van der Waals surface area contributed by atoms with Gasteiger partial charge >= 0.3 is 6.18 Å². The van der Waals surface area contributed by atoms with Crippen LogP contribution in [0.2, 0.25) is 0 Å². The van der Waals surface area contributed by atoms with E-state index in [2.05, 4.69) is 5.32 Å². The molecule has 2 aliphatic rings. The first-order valence-electron chi connectivity index (χ1n) is 9.98. The molecule has 8 heteroatoms. The van der Waals surface area contributed by atoms with Crippen molar-refractivity contribution in [2.24, 2.45) is 0 Å². The molecular formula is C21H28F3NO4. The van der Waals surface area contributed by atoms with Gasteiger partial charge < -0.3 is 19.5 Å². The Morgan fingerprint density at radius 1 is 1.21 bits per heavy atom. The van der Waals surface area contributed by atoms with E-state index in [1.165, 1.54) is 0 Å². The summed E-state index contributed by atoms with van der Waals surface area (Å²) in [6.45, 7) is 2.95. The van der Waals surface area contributed by atoms with Gasteiger partial charge in [0.25, 0.3) is 0 Å². The monoisotopic (exact) mass is 415 g/mol. The maximum Gasteiger partial charge on any atom is 0.422 e. The summed E-state index contributed by atoms with van der Waals surface area (Å²) < 4.78 is 53.1. The van der Waals surface area contributed by atoms with Crippen molar-refractivity contribution < 1.29 is 32.2 Å². The third kappa shape index (κ3) is 5.63. The first kappa shape index (κ1) is 21.9. The van der Waals surface area contributed by atoms with Crippen LogP contribution < -0.4 is 10.1 Å². The van der Waals surface area contributed by atoms with Crippen molar-refractivity contribution in [1.82, 2.24) is 5.32 Å². The van der Waals surface area contributed by atoms with Crippen LogP contribution in [0.3, 0.4) is 0 Å². The Morgan fingerprint density at radius 2 is 1.86 bits per heavy atom. The van der Waals surface area contributed by atoms with Crippen molar-refractivity contribution in [3.05, 3.63) is 28.8 Å². The van der Waals surface area contributed by atoms with Gasteiger partial charge in [-0.3, -0.25) is 4.79 Å². The number of benzene rings is 1. The van der Waals surface area contributed by atoms with Gasteiger partial charge in [-0.05, 0) is 55.5 Å². The summed E-state index contributed by atoms with van der Waals surface area (Å²) in [6, 6.07) is 3.09. The third-order valence-electron chi connectivity index (χ3n) is 5.78. The molecule has 0 spiro atoms. The molecule has 1 N–H and O–H groups in total. The molecule has 1 heterocycles. The van der Waals surface area contributed by atoms with E-state index < -0.39 is 18.3 Å². The number of carbonyl (C=O) groups excluding carboxylic acids is 1. The van der Waals surface area contributed by atoms with Crippen LogP contribution in [0.15, 0.2) is 12.1 Å². The Hall–Kier alpha value is -1.80. The minimum Gasteiger partial charge on any atom is -0.484 e. The summed E-state index contributed by atoms with van der Waals surface area (Å²) >= 11 is 0. The topological polar surface area (TPSA) is 56.8 Å². The first-order valence-corrected chi connectivity index (χ1v) is 9.98. The third-order valence-corrected chi connectivity index (χ3v) is 5.78. The summed E-state index contributed by atoms with van der Waals surface area (Å²) in [5, 5.41) is 3.21. The number of alkyl halides is 3. The van der Waals surface area contributed by atoms with E-state index >= 15 is 0 Å². The van der Waals surface area contributed by atoms with E-state index in [9.17, 15) is 18.0 Å². The van der Waals surface area contributed by atoms with E-state index in [0.29, 0.717) is 6.61 Å². The molecule has 1 aromatic carbocycles. The summed E-state index contributed by atoms with van der Waals surface area (Å²) in [7, 11) is 0. The van der Waals surface area contributed by atoms with Crippen molar-refractivity contribution in [3.8, 4) is 5.75 Å². The van der Waals surface area contributed by atoms with E-state index in [1.807, 2.05) is 0 Å². The smallest absolute Gasteiger partial charge is 0.422 e. The highest BCUT2D eigenvalue weighted by molar-refractivity contribution is 5.80. The summed E-state index contributed by atoms with van der Waals surface area (Å²) in [4.78, 5) is 12.9. The van der Waals surface area contributed by atoms with E-state index in [1.54, 1.807) is 26.0 Å². The molecule has 1 amide bonds. The average molecular weight is 415 g/mol. The van der Waals surface area contributed by atoms with Gasteiger partial charge in [-0.2, -0.15) is 13.2 Å². The molecule has 29 heavy (non-hydrogen) atoms. The van der Waals surface area contributed by atoms with Gasteiger partial charge in [-0.1, -0.05) is 19.3 Å². The molecule has 1 saturated carbocycles. The van der Waals surface area contributed by atoms with Crippen molar-refractivity contribution in [1.29, 1.82) is 0 Å². The van der Waals surface area contributed by atoms with Crippen LogP contribution in [0.4, 0.5) is 13.2 Å². The lowest BCUT2D eigenvalue weighted by atomic mass is 9.77. The minimum absolute atomic E-state index is 0.113. The highest BCUT2D eigenvalue weighted by Crippen LogP contribution is 2.35. The van der Waals surface area contributed by atoms with Gasteiger partial charge in [-0.15, -0.1) is 0 Å². The van der Waals surface area contributed by atoms with Crippen LogP contribution in [-0.4, -0.2) is 43.7 Å². The number of nitrogens with one attached hydrogen (secondary N) is 1. The number of ether oxygens (including phenoxy) is 3. The molecule has 1 atom stereocenters. The van der Waals surface area contributed by atoms with Crippen LogP contribution in [0.25, 0.3) is 0 Å². The predicted molar refractivity (Wildman–Crippen MR) is 101 cm³/mol. The summed E-state index contributed by atoms with van der Waals surface area (Å²) in [5.41, 5.74) is 1.85. The van der Waals surface area contributed by atoms with E-state index in [4.69, 9.17) is 14.2 Å². The Morgan fingerprint density at radius 3 is 2.41 bits per heavy atom. The molecule has 1 aliphatic carbocycles. The second kappa shape index (κ2) is 8.92. The molecule has 1 aliphatic heterocycles. The molecule has 0 bridgehead atoms. The average Bonchev–Trinajstić information content (AvgIpc) is 3.19. The molecule has 1 aromatic rings. The number of hydrogen-bond donors (Lipinski definition) is 1. The molecule has 1 saturated heterocycles. The number of aryl methyl sites for hydroxylation is 2. The molecule has 1 unspecified atom stereocenters. The van der Waals surface area contributed by atoms with Gasteiger partial charge in [0, 0.05) is 0 Å². The number of carbonyl (C=O) groups is 1. The second-order valence-corrected chi connectivity index (χ2v) is 8.03. The Labute approximate surface area is 168 Å². The second-order valence-electron chi connectivity index (χ2n) is 8.03. The SMILES string of the molecule is Cc1cc(OCC(F)(F)F)cc(C)c1CC(=O)NC1(C2COCO2)CCCCC1. The highest BCUT2D eigenvalue weighted by Gasteiger charge is 2.43. The molecule has 162 valence electrons. The number of hydrogen-bond acceptors (Lipinski definition) is 4. The zero-order valence-electron chi connectivity index (χ0n) is 16.9. The van der Waals surface area contributed by atoms with Crippen molar-refractivity contribution >= 4 is 5.91 Å². The van der Waals surface area contributed by atoms with E-state index in [0.717, 1.165) is 48.8 Å². The van der Waals surface area contributed by atoms with Gasteiger partial charge in [-0.25, -0.2) is 0 Å². The summed E-state index contributed by atoms with van der Waals surface area (Å²) in [6.07, 6.45) is 0.541. The zero-order chi connectivity index (χ0) is 21.1. The molecular weight excluding hydrogens is 387 g/mol. The van der Waals surface area contributed by atoms with Crippen LogP contribution in [-0.2, 0) is 20.7 Å². The van der Waals surface area contributed by atoms with Crippen LogP contribution in [0.5, 0.6) is 5.75 Å². The van der Waals surface area contributed by atoms with E-state index in [-0.39, 0.29) is 31.0 Å². The maximum atomic E-state index is 12.9. The van der Waals surface area contributed by atoms with Gasteiger partial charge in [0.15, 0.2) is 6.61 Å². The molecule has 2 fully saturated rings. The lowest BCUT2D eigenvalue weighted by Crippen LogP contribution is -2.58. The standard InChI is InChI=1S/C21H28F3NO4/c1-14-8-16(28-12-21(22,23)24)9-15(2)17(14)10-19(26)25-20(6-4-3-5-7-20)18-11-27-13-29-18/h8-9,18H,3-7,10-13H2,1-2H3,(H,25,26). The number of halogens is 3. The fourth-order valence-electron chi connectivity index (χ4n) is 4.33. The zero-order valence-corrected chi connectivity index (χ0v) is 16.9. The fraction of sp³-hybridized carbons (Fsp3) is 0.667. The lowest BCUT2D eigenvalue weighted by Gasteiger charge is -2.41. The normalized spacial score (nSPS) is 21.8. The summed E-state index contributed by atoms with van der Waals surface area (Å²) in [5.74, 6) is 0.0410. The number of amides is 1. The Kier molecular flexibility index (Phi) is 6.73. The largest absolute Gasteiger partial charge is 0.484 e. The van der Waals surface area contributed by atoms with Crippen LogP contribution >= 0.6 is 0 Å². The maximum absolute atomic E-state index is 12.9. The molecule has 5 nitrogen and oxygen atoms in total. The molecule has 0 radical (unpaired) electrons.